The fourth-order valence-corrected chi connectivity index (χ4v) is 3.03. The topological polar surface area (TPSA) is 69.8 Å². The molecule has 2 aromatic heterocycles. The van der Waals surface area contributed by atoms with Crippen LogP contribution in [-0.4, -0.2) is 30.7 Å². The molecule has 6 heteroatoms. The second-order valence-corrected chi connectivity index (χ2v) is 7.33. The summed E-state index contributed by atoms with van der Waals surface area (Å²) in [5.74, 6) is 0.448. The fourth-order valence-electron chi connectivity index (χ4n) is 3.03. The average molecular weight is 415 g/mol. The van der Waals surface area contributed by atoms with Crippen molar-refractivity contribution in [3.8, 4) is 0 Å². The third-order valence-corrected chi connectivity index (χ3v) is 5.01. The van der Waals surface area contributed by atoms with Crippen LogP contribution < -0.4 is 0 Å². The minimum atomic E-state index is -0.0394. The molecule has 0 saturated carbocycles. The van der Waals surface area contributed by atoms with Gasteiger partial charge in [0.05, 0.1) is 12.5 Å². The molecule has 158 valence electrons. The summed E-state index contributed by atoms with van der Waals surface area (Å²) in [7, 11) is 3.63. The van der Waals surface area contributed by atoms with Crippen molar-refractivity contribution in [1.29, 1.82) is 0 Å². The van der Waals surface area contributed by atoms with Crippen molar-refractivity contribution in [1.82, 2.24) is 19.1 Å². The van der Waals surface area contributed by atoms with E-state index in [0.29, 0.717) is 22.6 Å². The first-order valence-corrected chi connectivity index (χ1v) is 10.1. The van der Waals surface area contributed by atoms with Crippen molar-refractivity contribution in [3.63, 3.8) is 0 Å². The van der Waals surface area contributed by atoms with Crippen LogP contribution in [0.5, 0.6) is 0 Å². The van der Waals surface area contributed by atoms with Gasteiger partial charge in [-0.25, -0.2) is 9.97 Å². The normalized spacial score (nSPS) is 10.3. The van der Waals surface area contributed by atoms with Gasteiger partial charge in [-0.3, -0.25) is 9.59 Å². The van der Waals surface area contributed by atoms with Crippen molar-refractivity contribution in [2.24, 2.45) is 14.1 Å². The van der Waals surface area contributed by atoms with E-state index < -0.39 is 0 Å². The maximum Gasteiger partial charge on any atom is 0.228 e. The van der Waals surface area contributed by atoms with E-state index in [1.54, 1.807) is 34.1 Å². The highest BCUT2D eigenvalue weighted by atomic mass is 16.1. The van der Waals surface area contributed by atoms with E-state index in [1.165, 1.54) is 5.56 Å². The van der Waals surface area contributed by atoms with Gasteiger partial charge in [0, 0.05) is 37.6 Å². The van der Waals surface area contributed by atoms with Crippen LogP contribution in [0.2, 0.25) is 0 Å². The van der Waals surface area contributed by atoms with Crippen LogP contribution >= 0.6 is 0 Å². The number of imidazole rings is 2. The monoisotopic (exact) mass is 414 g/mol. The van der Waals surface area contributed by atoms with Crippen LogP contribution in [0.15, 0.2) is 73.4 Å². The van der Waals surface area contributed by atoms with Crippen LogP contribution in [0.4, 0.5) is 0 Å². The number of carbonyl (C=O) groups is 2. The first-order chi connectivity index (χ1) is 14.9. The Morgan fingerprint density at radius 2 is 1.48 bits per heavy atom. The highest BCUT2D eigenvalue weighted by Crippen LogP contribution is 2.11. The zero-order valence-electron chi connectivity index (χ0n) is 18.2. The van der Waals surface area contributed by atoms with Crippen LogP contribution in [0.1, 0.15) is 50.3 Å². The number of benzene rings is 2. The van der Waals surface area contributed by atoms with Gasteiger partial charge in [0.1, 0.15) is 5.69 Å². The lowest BCUT2D eigenvalue weighted by Crippen LogP contribution is -2.08. The van der Waals surface area contributed by atoms with Crippen LogP contribution in [0.3, 0.4) is 0 Å². The van der Waals surface area contributed by atoms with Crippen molar-refractivity contribution in [2.45, 2.75) is 20.3 Å². The quantitative estimate of drug-likeness (QED) is 0.460. The molecule has 0 aliphatic rings. The van der Waals surface area contributed by atoms with Crippen LogP contribution in [0.25, 0.3) is 0 Å². The Kier molecular flexibility index (Phi) is 6.92. The van der Waals surface area contributed by atoms with Crippen molar-refractivity contribution >= 4 is 11.6 Å². The minimum absolute atomic E-state index is 0.0163. The highest BCUT2D eigenvalue weighted by molar-refractivity contribution is 6.08. The largest absolute Gasteiger partial charge is 0.331 e. The highest BCUT2D eigenvalue weighted by Gasteiger charge is 2.13. The van der Waals surface area contributed by atoms with E-state index in [-0.39, 0.29) is 11.6 Å². The van der Waals surface area contributed by atoms with E-state index in [1.807, 2.05) is 69.6 Å². The van der Waals surface area contributed by atoms with Crippen molar-refractivity contribution < 1.29 is 9.59 Å². The van der Waals surface area contributed by atoms with Gasteiger partial charge in [0.25, 0.3) is 0 Å². The molecular weight excluding hydrogens is 388 g/mol. The second-order valence-electron chi connectivity index (χ2n) is 7.33. The molecule has 31 heavy (non-hydrogen) atoms. The molecule has 4 rings (SSSR count). The third-order valence-electron chi connectivity index (χ3n) is 5.01. The third kappa shape index (κ3) is 5.22. The Morgan fingerprint density at radius 3 is 2.00 bits per heavy atom. The summed E-state index contributed by atoms with van der Waals surface area (Å²) in [6, 6.07) is 15.2. The van der Waals surface area contributed by atoms with Crippen molar-refractivity contribution in [3.05, 3.63) is 107 Å². The summed E-state index contributed by atoms with van der Waals surface area (Å²) in [4.78, 5) is 32.0. The molecule has 0 aliphatic heterocycles. The fraction of sp³-hybridized carbons (Fsp3) is 0.200. The van der Waals surface area contributed by atoms with Gasteiger partial charge >= 0.3 is 0 Å². The van der Waals surface area contributed by atoms with Gasteiger partial charge in [0.15, 0.2) is 5.82 Å². The van der Waals surface area contributed by atoms with Gasteiger partial charge in [-0.1, -0.05) is 61.0 Å². The number of aromatic nitrogens is 4. The molecular formula is C25H26N4O2. The number of hydrogen-bond acceptors (Lipinski definition) is 4. The molecule has 2 aromatic carbocycles. The van der Waals surface area contributed by atoms with Gasteiger partial charge in [0.2, 0.25) is 11.6 Å². The summed E-state index contributed by atoms with van der Waals surface area (Å²) in [5, 5.41) is 0. The lowest BCUT2D eigenvalue weighted by molar-refractivity contribution is 0.102. The molecule has 0 unspecified atom stereocenters. The van der Waals surface area contributed by atoms with E-state index in [9.17, 15) is 9.59 Å². The molecule has 0 spiro atoms. The van der Waals surface area contributed by atoms with E-state index in [2.05, 4.69) is 16.9 Å². The van der Waals surface area contributed by atoms with Crippen LogP contribution in [0, 0.1) is 6.92 Å². The zero-order valence-corrected chi connectivity index (χ0v) is 18.2. The number of nitrogens with zero attached hydrogens (tertiary/aromatic N) is 4. The molecule has 0 amide bonds. The number of aryl methyl sites for hydroxylation is 4. The first kappa shape index (κ1) is 21.9. The minimum Gasteiger partial charge on any atom is -0.331 e. The van der Waals surface area contributed by atoms with Crippen molar-refractivity contribution in [2.75, 3.05) is 0 Å². The standard InChI is InChI=1S/C13H14N2O.C12H12N2O/c1-3-10-4-6-11(7-5-10)13(16)12-8-14-9-15(12)2;1-9-3-5-10(6-4-9)11(15)12-13-7-8-14(12)2/h4-9H,3H2,1-2H3;3-8H,1-2H3. The number of rotatable bonds is 5. The maximum absolute atomic E-state index is 12.1. The Bertz CT molecular complexity index is 1170. The smallest absolute Gasteiger partial charge is 0.228 e. The molecule has 0 N–H and O–H groups in total. The molecule has 0 atom stereocenters. The predicted molar refractivity (Wildman–Crippen MR) is 120 cm³/mol. The molecule has 0 saturated heterocycles. The molecule has 0 aliphatic carbocycles. The summed E-state index contributed by atoms with van der Waals surface area (Å²) < 4.78 is 3.46. The first-order valence-electron chi connectivity index (χ1n) is 10.1. The van der Waals surface area contributed by atoms with E-state index >= 15 is 0 Å². The SMILES string of the molecule is CCc1ccc(C(=O)c2cncn2C)cc1.Cc1ccc(C(=O)c2nccn2C)cc1. The van der Waals surface area contributed by atoms with E-state index in [4.69, 9.17) is 0 Å². The average Bonchev–Trinajstić information content (AvgIpc) is 3.41. The van der Waals surface area contributed by atoms with E-state index in [0.717, 1.165) is 12.0 Å². The lowest BCUT2D eigenvalue weighted by Gasteiger charge is -2.02. The van der Waals surface area contributed by atoms with Gasteiger partial charge < -0.3 is 9.13 Å². The molecule has 4 aromatic rings. The lowest BCUT2D eigenvalue weighted by atomic mass is 10.1. The van der Waals surface area contributed by atoms with Gasteiger partial charge in [-0.05, 0) is 18.9 Å². The molecule has 6 nitrogen and oxygen atoms in total. The number of hydrogen-bond donors (Lipinski definition) is 0. The van der Waals surface area contributed by atoms with Gasteiger partial charge in [-0.2, -0.15) is 0 Å². The maximum atomic E-state index is 12.1. The Labute approximate surface area is 182 Å². The summed E-state index contributed by atoms with van der Waals surface area (Å²) in [6.07, 6.45) is 7.60. The predicted octanol–water partition coefficient (Wildman–Crippen LogP) is 4.17. The summed E-state index contributed by atoms with van der Waals surface area (Å²) >= 11 is 0. The van der Waals surface area contributed by atoms with Gasteiger partial charge in [-0.15, -0.1) is 0 Å². The number of ketones is 2. The Balaban J connectivity index is 0.000000176. The number of carbonyl (C=O) groups excluding carboxylic acids is 2. The Hall–Kier alpha value is -3.80. The Morgan fingerprint density at radius 1 is 0.871 bits per heavy atom. The molecule has 0 bridgehead atoms. The second kappa shape index (κ2) is 9.80. The molecule has 0 fully saturated rings. The summed E-state index contributed by atoms with van der Waals surface area (Å²) in [6.45, 7) is 4.09. The molecule has 2 heterocycles. The summed E-state index contributed by atoms with van der Waals surface area (Å²) in [5.41, 5.74) is 4.38. The van der Waals surface area contributed by atoms with Crippen LogP contribution in [-0.2, 0) is 20.5 Å². The zero-order chi connectivity index (χ0) is 22.4. The molecule has 0 radical (unpaired) electrons.